The maximum atomic E-state index is 13.1. The Bertz CT molecular complexity index is 707. The van der Waals surface area contributed by atoms with Gasteiger partial charge in [0.2, 0.25) is 12.2 Å². The lowest BCUT2D eigenvalue weighted by atomic mass is 9.87. The first-order valence-corrected chi connectivity index (χ1v) is 21.2. The van der Waals surface area contributed by atoms with E-state index in [0.717, 1.165) is 32.5 Å². The summed E-state index contributed by atoms with van der Waals surface area (Å²) in [5, 5.41) is 6.85. The van der Waals surface area contributed by atoms with Gasteiger partial charge in [0.05, 0.1) is 6.54 Å². The molecule has 2 atom stereocenters. The quantitative estimate of drug-likeness (QED) is 0.0531. The van der Waals surface area contributed by atoms with Gasteiger partial charge in [-0.25, -0.2) is 0 Å². The Hall–Kier alpha value is -1.06. The summed E-state index contributed by atoms with van der Waals surface area (Å²) >= 11 is 0. The average molecular weight is 647 g/mol. The van der Waals surface area contributed by atoms with Crippen LogP contribution in [0.3, 0.4) is 0 Å². The number of hydrogen-bond donors (Lipinski definition) is 2. The highest BCUT2D eigenvalue weighted by Crippen LogP contribution is 2.25. The fraction of sp³-hybridized carbons (Fsp3) is 0.952. The molecule has 0 aromatic rings. The van der Waals surface area contributed by atoms with Crippen LogP contribution in [-0.2, 0) is 4.79 Å². The van der Waals surface area contributed by atoms with Crippen molar-refractivity contribution >= 4 is 12.2 Å². The van der Waals surface area contributed by atoms with Crippen molar-refractivity contribution in [3.63, 3.8) is 0 Å². The van der Waals surface area contributed by atoms with Gasteiger partial charge in [-0.05, 0) is 25.7 Å². The van der Waals surface area contributed by atoms with E-state index in [1.54, 1.807) is 0 Å². The van der Waals surface area contributed by atoms with Crippen LogP contribution in [0.2, 0.25) is 0 Å². The van der Waals surface area contributed by atoms with Crippen LogP contribution in [0.5, 0.6) is 0 Å². The molecule has 0 radical (unpaired) electrons. The van der Waals surface area contributed by atoms with Gasteiger partial charge in [-0.15, -0.1) is 0 Å². The number of amides is 1. The lowest BCUT2D eigenvalue weighted by Crippen LogP contribution is -2.51. The monoisotopic (exact) mass is 647 g/mol. The fourth-order valence-corrected chi connectivity index (χ4v) is 7.49. The summed E-state index contributed by atoms with van der Waals surface area (Å²) in [6.07, 6.45) is 44.4. The molecule has 0 saturated carbocycles. The molecule has 0 saturated heterocycles. The second-order valence-electron chi connectivity index (χ2n) is 15.2. The smallest absolute Gasteiger partial charge is 0.232 e. The predicted molar refractivity (Wildman–Crippen MR) is 204 cm³/mol. The number of hydrogen-bond acceptors (Lipinski definition) is 2. The van der Waals surface area contributed by atoms with Gasteiger partial charge in [0.15, 0.2) is 0 Å². The molecular formula is C42H84N3O+. The van der Waals surface area contributed by atoms with Crippen molar-refractivity contribution in [1.82, 2.24) is 10.6 Å². The van der Waals surface area contributed by atoms with Gasteiger partial charge in [-0.3, -0.25) is 14.7 Å². The van der Waals surface area contributed by atoms with Gasteiger partial charge in [-0.1, -0.05) is 201 Å². The molecule has 1 amide bonds. The molecular weight excluding hydrogens is 562 g/mol. The second-order valence-corrected chi connectivity index (χ2v) is 15.2. The van der Waals surface area contributed by atoms with E-state index >= 15 is 0 Å². The van der Waals surface area contributed by atoms with Crippen LogP contribution in [0.1, 0.15) is 227 Å². The van der Waals surface area contributed by atoms with Crippen LogP contribution in [0.4, 0.5) is 0 Å². The van der Waals surface area contributed by atoms with E-state index in [1.807, 2.05) is 0 Å². The van der Waals surface area contributed by atoms with Gasteiger partial charge in [0.1, 0.15) is 18.6 Å². The van der Waals surface area contributed by atoms with Gasteiger partial charge in [0, 0.05) is 5.92 Å². The normalized spacial score (nSPS) is 15.0. The van der Waals surface area contributed by atoms with Crippen molar-refractivity contribution in [3.8, 4) is 0 Å². The Labute approximate surface area is 289 Å². The van der Waals surface area contributed by atoms with Gasteiger partial charge >= 0.3 is 0 Å². The third-order valence-electron chi connectivity index (χ3n) is 11.0. The molecule has 1 rings (SSSR count). The minimum Gasteiger partial charge on any atom is -0.351 e. The van der Waals surface area contributed by atoms with E-state index < -0.39 is 0 Å². The molecule has 1 aliphatic rings. The zero-order valence-electron chi connectivity index (χ0n) is 32.1. The highest BCUT2D eigenvalue weighted by atomic mass is 16.1. The molecule has 0 fully saturated rings. The lowest BCUT2D eigenvalue weighted by Gasteiger charge is -2.33. The van der Waals surface area contributed by atoms with Crippen LogP contribution >= 0.6 is 0 Å². The SMILES string of the molecule is CCCCCCCCCCCCCCCCC(C)C(=O)NCC(CC)(CCCCCCCCCCCCCCCC)[N+]1=CNCC1. The van der Waals surface area contributed by atoms with Gasteiger partial charge < -0.3 is 5.32 Å². The average Bonchev–Trinajstić information content (AvgIpc) is 3.62. The van der Waals surface area contributed by atoms with Crippen LogP contribution in [0.15, 0.2) is 0 Å². The summed E-state index contributed by atoms with van der Waals surface area (Å²) in [6, 6.07) is 0. The Balaban J connectivity index is 2.16. The third-order valence-corrected chi connectivity index (χ3v) is 11.0. The minimum absolute atomic E-state index is 0.0467. The summed E-state index contributed by atoms with van der Waals surface area (Å²) in [5.41, 5.74) is 0.0467. The number of unbranched alkanes of at least 4 members (excludes halogenated alkanes) is 26. The molecule has 4 heteroatoms. The molecule has 0 aliphatic carbocycles. The van der Waals surface area contributed by atoms with Crippen molar-refractivity contribution in [2.75, 3.05) is 19.6 Å². The lowest BCUT2D eigenvalue weighted by molar-refractivity contribution is -0.597. The maximum Gasteiger partial charge on any atom is 0.232 e. The zero-order chi connectivity index (χ0) is 33.4. The van der Waals surface area contributed by atoms with Crippen LogP contribution in [0.25, 0.3) is 0 Å². The molecule has 0 bridgehead atoms. The molecule has 2 unspecified atom stereocenters. The summed E-state index contributed by atoms with van der Waals surface area (Å²) in [7, 11) is 0. The van der Waals surface area contributed by atoms with Crippen LogP contribution in [-0.4, -0.2) is 42.0 Å². The number of nitrogens with one attached hydrogen (secondary N) is 2. The number of rotatable bonds is 35. The molecule has 0 aromatic heterocycles. The number of carbonyl (C=O) groups is 1. The highest BCUT2D eigenvalue weighted by Gasteiger charge is 2.37. The summed E-state index contributed by atoms with van der Waals surface area (Å²) in [6.45, 7) is 11.9. The van der Waals surface area contributed by atoms with Crippen molar-refractivity contribution in [2.45, 2.75) is 232 Å². The molecule has 4 nitrogen and oxygen atoms in total. The summed E-state index contributed by atoms with van der Waals surface area (Å²) < 4.78 is 2.51. The van der Waals surface area contributed by atoms with Crippen LogP contribution < -0.4 is 10.6 Å². The van der Waals surface area contributed by atoms with E-state index in [1.165, 1.54) is 186 Å². The predicted octanol–water partition coefficient (Wildman–Crippen LogP) is 12.3. The first-order valence-electron chi connectivity index (χ1n) is 21.2. The van der Waals surface area contributed by atoms with Gasteiger partial charge in [-0.2, -0.15) is 0 Å². The zero-order valence-corrected chi connectivity index (χ0v) is 32.1. The van der Waals surface area contributed by atoms with Crippen molar-refractivity contribution < 1.29 is 9.37 Å². The van der Waals surface area contributed by atoms with E-state index in [-0.39, 0.29) is 17.4 Å². The standard InChI is InChI=1S/C42H83N3O/c1-5-8-10-12-14-16-18-20-22-24-26-28-30-32-34-40(4)41(46)44-38-42(7-3,45-37-36-43-39-45)35-33-31-29-27-25-23-21-19-17-15-13-11-9-6-2/h39-40H,5-38H2,1-4H3,(H,44,46)/p+1. The maximum absolute atomic E-state index is 13.1. The Morgan fingerprint density at radius 3 is 1.39 bits per heavy atom. The summed E-state index contributed by atoms with van der Waals surface area (Å²) in [4.78, 5) is 13.1. The summed E-state index contributed by atoms with van der Waals surface area (Å²) in [5.74, 6) is 0.384. The van der Waals surface area contributed by atoms with Crippen molar-refractivity contribution in [3.05, 3.63) is 0 Å². The van der Waals surface area contributed by atoms with E-state index in [4.69, 9.17) is 0 Å². The van der Waals surface area contributed by atoms with E-state index in [2.05, 4.69) is 49.2 Å². The molecule has 272 valence electrons. The van der Waals surface area contributed by atoms with E-state index in [9.17, 15) is 4.79 Å². The molecule has 46 heavy (non-hydrogen) atoms. The second kappa shape index (κ2) is 31.2. The highest BCUT2D eigenvalue weighted by molar-refractivity contribution is 5.78. The fourth-order valence-electron chi connectivity index (χ4n) is 7.49. The molecule has 0 aromatic carbocycles. The Morgan fingerprint density at radius 1 is 0.630 bits per heavy atom. The molecule has 2 N–H and O–H groups in total. The Morgan fingerprint density at radius 2 is 1.02 bits per heavy atom. The van der Waals surface area contributed by atoms with E-state index in [0.29, 0.717) is 0 Å². The topological polar surface area (TPSA) is 44.1 Å². The molecule has 0 spiro atoms. The number of nitrogens with zero attached hydrogens (tertiary/aromatic N) is 1. The number of carbonyl (C=O) groups excluding carboxylic acids is 1. The van der Waals surface area contributed by atoms with Crippen molar-refractivity contribution in [1.29, 1.82) is 0 Å². The van der Waals surface area contributed by atoms with Crippen molar-refractivity contribution in [2.24, 2.45) is 5.92 Å². The Kier molecular flexibility index (Phi) is 29.2. The molecule has 1 aliphatic heterocycles. The largest absolute Gasteiger partial charge is 0.351 e. The first kappa shape index (κ1) is 43.0. The first-order chi connectivity index (χ1) is 22.6. The third kappa shape index (κ3) is 22.5. The minimum atomic E-state index is 0.0467. The molecule has 1 heterocycles. The van der Waals surface area contributed by atoms with Crippen LogP contribution in [0, 0.1) is 5.92 Å². The van der Waals surface area contributed by atoms with Gasteiger partial charge in [0.25, 0.3) is 0 Å².